The quantitative estimate of drug-likeness (QED) is 0.325. The number of rotatable bonds is 1. The Hall–Kier alpha value is -0.750. The van der Waals surface area contributed by atoms with Crippen LogP contribution >= 0.6 is 0 Å². The lowest BCUT2D eigenvalue weighted by molar-refractivity contribution is 0.371. The molecule has 1 radical (unpaired) electrons. The first-order chi connectivity index (χ1) is 2.41. The molecule has 0 atom stereocenters. The molecule has 5 heavy (non-hydrogen) atoms. The maximum atomic E-state index is 7.61. The molecule has 0 spiro atoms. The largest absolute Gasteiger partial charge is 0.369 e. The van der Waals surface area contributed by atoms with Crippen molar-refractivity contribution in [3.8, 4) is 6.19 Å². The van der Waals surface area contributed by atoms with E-state index in [1.165, 1.54) is 6.19 Å². The van der Waals surface area contributed by atoms with E-state index in [0.29, 0.717) is 6.73 Å². The average molecular weight is 71.1 g/mol. The van der Waals surface area contributed by atoms with E-state index in [1.54, 1.807) is 0 Å². The van der Waals surface area contributed by atoms with Gasteiger partial charge < -0.3 is 5.11 Å². The molecule has 0 aliphatic rings. The van der Waals surface area contributed by atoms with Crippen molar-refractivity contribution in [2.75, 3.05) is 0 Å². The smallest absolute Gasteiger partial charge is 0.178 e. The number of hydrogen-bond donors (Lipinski definition) is 2. The predicted molar refractivity (Wildman–Crippen MR) is 15.0 cm³/mol. The minimum absolute atomic E-state index is 0.569. The second-order valence-corrected chi connectivity index (χ2v) is 0.385. The number of aliphatic hydroxyl groups is 1. The van der Waals surface area contributed by atoms with Crippen LogP contribution in [0.5, 0.6) is 0 Å². The second-order valence-electron chi connectivity index (χ2n) is 0.385. The summed E-state index contributed by atoms with van der Waals surface area (Å²) in [6.07, 6.45) is 1.46. The van der Waals surface area contributed by atoms with Crippen molar-refractivity contribution in [3.63, 3.8) is 0 Å². The maximum Gasteiger partial charge on any atom is 0.178 e. The molecule has 0 bridgehead atoms. The van der Waals surface area contributed by atoms with E-state index in [4.69, 9.17) is 10.4 Å². The van der Waals surface area contributed by atoms with E-state index >= 15 is 0 Å². The number of nitrogens with one attached hydrogen (secondary N) is 1. The van der Waals surface area contributed by atoms with Crippen molar-refractivity contribution in [1.29, 1.82) is 5.26 Å². The monoisotopic (exact) mass is 71.0 g/mol. The Labute approximate surface area is 29.8 Å². The number of hydrogen-bond acceptors (Lipinski definition) is 3. The topological polar surface area (TPSA) is 56.0 Å². The maximum absolute atomic E-state index is 7.61. The van der Waals surface area contributed by atoms with E-state index in [-0.39, 0.29) is 0 Å². The molecule has 0 heterocycles. The molecule has 0 saturated heterocycles. The fourth-order valence-electron chi connectivity index (χ4n) is 0.0289. The molecule has 3 nitrogen and oxygen atoms in total. The standard InChI is InChI=1S/C2H3N2O/c3-1-4-2-5/h2,4-5H. The summed E-state index contributed by atoms with van der Waals surface area (Å²) in [5.41, 5.74) is 0. The zero-order valence-corrected chi connectivity index (χ0v) is 2.47. The van der Waals surface area contributed by atoms with Gasteiger partial charge in [-0.1, -0.05) is 0 Å². The summed E-state index contributed by atoms with van der Waals surface area (Å²) in [5, 5.41) is 17.0. The molecular weight excluding hydrogens is 68.0 g/mol. The Morgan fingerprint density at radius 1 is 2.00 bits per heavy atom. The van der Waals surface area contributed by atoms with Crippen LogP contribution in [0.15, 0.2) is 0 Å². The molecule has 0 unspecified atom stereocenters. The number of aliphatic hydroxyl groups excluding tert-OH is 1. The highest BCUT2D eigenvalue weighted by molar-refractivity contribution is 4.64. The summed E-state index contributed by atoms with van der Waals surface area (Å²) in [7, 11) is 0. The molecule has 0 aliphatic heterocycles. The lowest BCUT2D eigenvalue weighted by Crippen LogP contribution is -1.96. The summed E-state index contributed by atoms with van der Waals surface area (Å²) in [6, 6.07) is 0. The highest BCUT2D eigenvalue weighted by Gasteiger charge is 1.61. The van der Waals surface area contributed by atoms with Crippen LogP contribution in [0.3, 0.4) is 0 Å². The van der Waals surface area contributed by atoms with Crippen molar-refractivity contribution in [3.05, 3.63) is 6.73 Å². The van der Waals surface area contributed by atoms with Crippen molar-refractivity contribution in [2.24, 2.45) is 0 Å². The number of nitrogens with zero attached hydrogens (tertiary/aromatic N) is 1. The molecule has 0 aliphatic carbocycles. The third kappa shape index (κ3) is 3.25. The molecule has 0 aromatic rings. The fraction of sp³-hybridized carbons (Fsp3) is 0. The van der Waals surface area contributed by atoms with Gasteiger partial charge in [0.2, 0.25) is 0 Å². The van der Waals surface area contributed by atoms with Gasteiger partial charge in [0.1, 0.15) is 0 Å². The average Bonchev–Trinajstić information content (AvgIpc) is 1.41. The lowest BCUT2D eigenvalue weighted by atomic mass is 11.1. The van der Waals surface area contributed by atoms with Crippen LogP contribution in [0.25, 0.3) is 0 Å². The highest BCUT2D eigenvalue weighted by Crippen LogP contribution is 1.43. The summed E-state index contributed by atoms with van der Waals surface area (Å²) in [4.78, 5) is 0. The third-order valence-electron chi connectivity index (χ3n) is 0.129. The van der Waals surface area contributed by atoms with Gasteiger partial charge in [0, 0.05) is 0 Å². The Morgan fingerprint density at radius 3 is 2.60 bits per heavy atom. The van der Waals surface area contributed by atoms with Crippen LogP contribution in [-0.4, -0.2) is 5.11 Å². The molecule has 0 amide bonds. The lowest BCUT2D eigenvalue weighted by Gasteiger charge is -1.73. The van der Waals surface area contributed by atoms with Gasteiger partial charge in [0.25, 0.3) is 0 Å². The Bertz CT molecular complexity index is 46.1. The van der Waals surface area contributed by atoms with Crippen LogP contribution in [0.1, 0.15) is 0 Å². The molecular formula is C2H3N2O. The van der Waals surface area contributed by atoms with Crippen molar-refractivity contribution in [2.45, 2.75) is 0 Å². The van der Waals surface area contributed by atoms with Gasteiger partial charge in [0.05, 0.1) is 0 Å². The summed E-state index contributed by atoms with van der Waals surface area (Å²) < 4.78 is 0. The minimum Gasteiger partial charge on any atom is -0.369 e. The predicted octanol–water partition coefficient (Wildman–Crippen LogP) is -0.451. The molecule has 0 saturated carbocycles. The van der Waals surface area contributed by atoms with Crippen LogP contribution in [0, 0.1) is 18.2 Å². The fourth-order valence-corrected chi connectivity index (χ4v) is 0.0289. The zero-order valence-electron chi connectivity index (χ0n) is 2.47. The van der Waals surface area contributed by atoms with Crippen molar-refractivity contribution < 1.29 is 5.11 Å². The van der Waals surface area contributed by atoms with Gasteiger partial charge in [0.15, 0.2) is 12.9 Å². The molecule has 0 aromatic heterocycles. The second kappa shape index (κ2) is 3.25. The van der Waals surface area contributed by atoms with E-state index in [9.17, 15) is 0 Å². The van der Waals surface area contributed by atoms with Crippen LogP contribution < -0.4 is 5.32 Å². The summed E-state index contributed by atoms with van der Waals surface area (Å²) >= 11 is 0. The molecule has 0 rings (SSSR count). The van der Waals surface area contributed by atoms with Gasteiger partial charge in [-0.05, 0) is 0 Å². The summed E-state index contributed by atoms with van der Waals surface area (Å²) in [6.45, 7) is 0.569. The van der Waals surface area contributed by atoms with Gasteiger partial charge >= 0.3 is 0 Å². The SMILES string of the molecule is N#CN[CH]O. The van der Waals surface area contributed by atoms with Crippen molar-refractivity contribution >= 4 is 0 Å². The first kappa shape index (κ1) is 4.25. The normalized spacial score (nSPS) is 5.60. The van der Waals surface area contributed by atoms with E-state index in [2.05, 4.69) is 0 Å². The van der Waals surface area contributed by atoms with Gasteiger partial charge in [-0.3, -0.25) is 5.32 Å². The Balaban J connectivity index is 2.48. The highest BCUT2D eigenvalue weighted by atomic mass is 16.3. The molecule has 0 aromatic carbocycles. The summed E-state index contributed by atoms with van der Waals surface area (Å²) in [5.74, 6) is 0. The molecule has 2 N–H and O–H groups in total. The number of nitriles is 1. The van der Waals surface area contributed by atoms with E-state index < -0.39 is 0 Å². The van der Waals surface area contributed by atoms with Gasteiger partial charge in [-0.15, -0.1) is 0 Å². The van der Waals surface area contributed by atoms with Crippen LogP contribution in [0.2, 0.25) is 0 Å². The Kier molecular flexibility index (Phi) is 2.76. The molecule has 0 fully saturated rings. The van der Waals surface area contributed by atoms with Gasteiger partial charge in [-0.2, -0.15) is 5.26 Å². The third-order valence-corrected chi connectivity index (χ3v) is 0.129. The van der Waals surface area contributed by atoms with Crippen LogP contribution in [0.4, 0.5) is 0 Å². The Morgan fingerprint density at radius 2 is 2.60 bits per heavy atom. The van der Waals surface area contributed by atoms with Gasteiger partial charge in [-0.25, -0.2) is 0 Å². The minimum atomic E-state index is 0.569. The first-order valence-electron chi connectivity index (χ1n) is 1.02. The zero-order chi connectivity index (χ0) is 4.12. The molecule has 27 valence electrons. The molecule has 3 heteroatoms. The van der Waals surface area contributed by atoms with E-state index in [0.717, 1.165) is 0 Å². The van der Waals surface area contributed by atoms with Crippen LogP contribution in [-0.2, 0) is 0 Å². The first-order valence-corrected chi connectivity index (χ1v) is 1.02. The van der Waals surface area contributed by atoms with E-state index in [1.807, 2.05) is 5.32 Å². The van der Waals surface area contributed by atoms with Crippen molar-refractivity contribution in [1.82, 2.24) is 5.32 Å².